The molecule has 0 aromatic heterocycles. The zero-order chi connectivity index (χ0) is 22.9. The van der Waals surface area contributed by atoms with Crippen LogP contribution in [0.2, 0.25) is 5.02 Å². The van der Waals surface area contributed by atoms with Crippen molar-refractivity contribution in [2.75, 3.05) is 31.1 Å². The standard InChI is InChI=1S/C20H21ClN4O4S3/c21-17-8-6-16(7-9-17)19-18(15-4-2-1-3-5-15)14-25(22-19)20(30)23-32(28,29)24-10-12-31(26,27)13-11-24/h1-9,18H,10-14H2,(H,23,30). The molecule has 32 heavy (non-hydrogen) atoms. The highest BCUT2D eigenvalue weighted by atomic mass is 35.5. The Bertz CT molecular complexity index is 1240. The third-order valence-electron chi connectivity index (χ3n) is 5.35. The molecule has 0 bridgehead atoms. The Morgan fingerprint density at radius 3 is 2.31 bits per heavy atom. The van der Waals surface area contributed by atoms with Gasteiger partial charge in [0.2, 0.25) is 5.11 Å². The van der Waals surface area contributed by atoms with E-state index in [-0.39, 0.29) is 35.6 Å². The Kier molecular flexibility index (Phi) is 6.55. The third-order valence-corrected chi connectivity index (χ3v) is 9.15. The fraction of sp³-hybridized carbons (Fsp3) is 0.300. The Morgan fingerprint density at radius 2 is 1.69 bits per heavy atom. The number of rotatable bonds is 4. The Labute approximate surface area is 198 Å². The van der Waals surface area contributed by atoms with E-state index < -0.39 is 20.0 Å². The molecule has 1 N–H and O–H groups in total. The zero-order valence-electron chi connectivity index (χ0n) is 16.9. The summed E-state index contributed by atoms with van der Waals surface area (Å²) in [6.45, 7) is 0.149. The number of hydrogen-bond donors (Lipinski definition) is 1. The van der Waals surface area contributed by atoms with Gasteiger partial charge >= 0.3 is 10.2 Å². The maximum Gasteiger partial charge on any atom is 0.303 e. The van der Waals surface area contributed by atoms with E-state index in [0.717, 1.165) is 21.1 Å². The van der Waals surface area contributed by atoms with Gasteiger partial charge in [-0.25, -0.2) is 18.1 Å². The van der Waals surface area contributed by atoms with Crippen molar-refractivity contribution in [2.45, 2.75) is 5.92 Å². The van der Waals surface area contributed by atoms with Crippen LogP contribution in [0, 0.1) is 0 Å². The van der Waals surface area contributed by atoms with Crippen LogP contribution >= 0.6 is 23.8 Å². The molecule has 1 saturated heterocycles. The molecule has 8 nitrogen and oxygen atoms in total. The van der Waals surface area contributed by atoms with E-state index in [2.05, 4.69) is 9.82 Å². The fourth-order valence-electron chi connectivity index (χ4n) is 3.62. The molecule has 1 fully saturated rings. The molecule has 2 heterocycles. The molecule has 0 spiro atoms. The van der Waals surface area contributed by atoms with Gasteiger partial charge in [-0.05, 0) is 35.5 Å². The molecule has 1 atom stereocenters. The van der Waals surface area contributed by atoms with Crippen LogP contribution in [0.4, 0.5) is 0 Å². The molecule has 12 heteroatoms. The van der Waals surface area contributed by atoms with Gasteiger partial charge in [0.05, 0.1) is 23.8 Å². The summed E-state index contributed by atoms with van der Waals surface area (Å²) < 4.78 is 52.2. The average Bonchev–Trinajstić information content (AvgIpc) is 3.20. The van der Waals surface area contributed by atoms with Crippen LogP contribution in [-0.2, 0) is 20.0 Å². The average molecular weight is 513 g/mol. The molecule has 0 saturated carbocycles. The van der Waals surface area contributed by atoms with Crippen molar-refractivity contribution in [1.82, 2.24) is 14.0 Å². The van der Waals surface area contributed by atoms with Gasteiger partial charge in [-0.15, -0.1) is 0 Å². The van der Waals surface area contributed by atoms with Crippen LogP contribution < -0.4 is 4.72 Å². The van der Waals surface area contributed by atoms with Gasteiger partial charge in [0.1, 0.15) is 0 Å². The second kappa shape index (κ2) is 9.06. The SMILES string of the molecule is O=S1(=O)CCN(S(=O)(=O)NC(=S)N2CC(c3ccccc3)C(c3ccc(Cl)cc3)=N2)CC1. The quantitative estimate of drug-likeness (QED) is 0.629. The van der Waals surface area contributed by atoms with E-state index in [1.54, 1.807) is 12.1 Å². The highest BCUT2D eigenvalue weighted by Gasteiger charge is 2.34. The van der Waals surface area contributed by atoms with E-state index in [4.69, 9.17) is 23.8 Å². The van der Waals surface area contributed by atoms with Crippen molar-refractivity contribution in [3.05, 3.63) is 70.7 Å². The minimum atomic E-state index is -3.99. The largest absolute Gasteiger partial charge is 0.303 e. The smallest absolute Gasteiger partial charge is 0.245 e. The molecule has 2 aromatic rings. The number of halogens is 1. The Hall–Kier alpha value is -2.05. The van der Waals surface area contributed by atoms with Crippen molar-refractivity contribution in [3.8, 4) is 0 Å². The number of nitrogens with zero attached hydrogens (tertiary/aromatic N) is 3. The summed E-state index contributed by atoms with van der Waals surface area (Å²) in [5.41, 5.74) is 2.63. The first-order valence-corrected chi connectivity index (χ1v) is 13.9. The Morgan fingerprint density at radius 1 is 1.06 bits per heavy atom. The summed E-state index contributed by atoms with van der Waals surface area (Å²) in [4.78, 5) is 0. The topological polar surface area (TPSA) is 99.2 Å². The number of hydrogen-bond acceptors (Lipinski definition) is 6. The first-order valence-electron chi connectivity index (χ1n) is 9.84. The number of nitrogens with one attached hydrogen (secondary N) is 1. The Balaban J connectivity index is 1.56. The molecule has 4 rings (SSSR count). The van der Waals surface area contributed by atoms with Crippen LogP contribution in [-0.4, -0.2) is 68.1 Å². The van der Waals surface area contributed by atoms with E-state index >= 15 is 0 Å². The van der Waals surface area contributed by atoms with Gasteiger partial charge < -0.3 is 0 Å². The van der Waals surface area contributed by atoms with E-state index in [9.17, 15) is 16.8 Å². The predicted molar refractivity (Wildman–Crippen MR) is 129 cm³/mol. The van der Waals surface area contributed by atoms with Crippen LogP contribution in [0.25, 0.3) is 0 Å². The molecule has 170 valence electrons. The third kappa shape index (κ3) is 5.12. The molecular formula is C20H21ClN4O4S3. The first kappa shape index (κ1) is 23.1. The summed E-state index contributed by atoms with van der Waals surface area (Å²) in [5, 5.41) is 6.61. The van der Waals surface area contributed by atoms with Crippen molar-refractivity contribution >= 4 is 54.7 Å². The fourth-order valence-corrected chi connectivity index (χ4v) is 6.73. The zero-order valence-corrected chi connectivity index (χ0v) is 20.1. The van der Waals surface area contributed by atoms with Gasteiger partial charge in [-0.1, -0.05) is 54.1 Å². The predicted octanol–water partition coefficient (Wildman–Crippen LogP) is 1.99. The summed E-state index contributed by atoms with van der Waals surface area (Å²) in [7, 11) is -7.20. The van der Waals surface area contributed by atoms with Crippen LogP contribution in [0.3, 0.4) is 0 Å². The molecule has 0 radical (unpaired) electrons. The van der Waals surface area contributed by atoms with Crippen LogP contribution in [0.1, 0.15) is 17.0 Å². The number of sulfone groups is 1. The summed E-state index contributed by atoms with van der Waals surface area (Å²) >= 11 is 11.4. The number of hydrazone groups is 1. The summed E-state index contributed by atoms with van der Waals surface area (Å²) in [5.74, 6) is -0.543. The maximum absolute atomic E-state index is 12.7. The summed E-state index contributed by atoms with van der Waals surface area (Å²) in [6.07, 6.45) is 0. The highest BCUT2D eigenvalue weighted by molar-refractivity contribution is 7.92. The molecular weight excluding hydrogens is 492 g/mol. The second-order valence-corrected chi connectivity index (χ2v) is 12.3. The molecule has 0 aliphatic carbocycles. The maximum atomic E-state index is 12.7. The van der Waals surface area contributed by atoms with Crippen LogP contribution in [0.15, 0.2) is 59.7 Å². The normalized spacial score (nSPS) is 21.2. The lowest BCUT2D eigenvalue weighted by atomic mass is 9.91. The minimum absolute atomic E-state index is 0.0664. The molecule has 1 unspecified atom stereocenters. The van der Waals surface area contributed by atoms with Gasteiger partial charge in [-0.2, -0.15) is 17.8 Å². The van der Waals surface area contributed by atoms with Gasteiger partial charge in [0.25, 0.3) is 0 Å². The minimum Gasteiger partial charge on any atom is -0.245 e. The van der Waals surface area contributed by atoms with Gasteiger partial charge in [0.15, 0.2) is 9.84 Å². The molecule has 0 amide bonds. The van der Waals surface area contributed by atoms with Gasteiger partial charge in [0, 0.05) is 24.0 Å². The highest BCUT2D eigenvalue weighted by Crippen LogP contribution is 2.29. The number of benzene rings is 2. The molecule has 2 aliphatic heterocycles. The van der Waals surface area contributed by atoms with E-state index in [1.807, 2.05) is 42.5 Å². The van der Waals surface area contributed by atoms with Crippen molar-refractivity contribution in [3.63, 3.8) is 0 Å². The van der Waals surface area contributed by atoms with Gasteiger partial charge in [-0.3, -0.25) is 0 Å². The first-order chi connectivity index (χ1) is 15.1. The second-order valence-electron chi connectivity index (χ2n) is 7.50. The number of thiocarbonyl (C=S) groups is 1. The monoisotopic (exact) mass is 512 g/mol. The lowest BCUT2D eigenvalue weighted by molar-refractivity contribution is 0.422. The van der Waals surface area contributed by atoms with E-state index in [0.29, 0.717) is 11.6 Å². The van der Waals surface area contributed by atoms with Crippen LogP contribution in [0.5, 0.6) is 0 Å². The van der Waals surface area contributed by atoms with E-state index in [1.165, 1.54) is 5.01 Å². The molecule has 2 aliphatic rings. The van der Waals surface area contributed by atoms with Crippen molar-refractivity contribution in [1.29, 1.82) is 0 Å². The van der Waals surface area contributed by atoms with Crippen molar-refractivity contribution < 1.29 is 16.8 Å². The molecule has 2 aromatic carbocycles. The van der Waals surface area contributed by atoms with Crippen molar-refractivity contribution in [2.24, 2.45) is 5.10 Å². The summed E-state index contributed by atoms with van der Waals surface area (Å²) in [6, 6.07) is 17.0. The lowest BCUT2D eigenvalue weighted by Gasteiger charge is -2.27. The lowest BCUT2D eigenvalue weighted by Crippen LogP contribution is -2.51.